The molecule has 2 aromatic rings. The van der Waals surface area contributed by atoms with E-state index in [1.54, 1.807) is 6.20 Å². The molecule has 2 saturated heterocycles. The molecule has 0 unspecified atom stereocenters. The van der Waals surface area contributed by atoms with E-state index in [2.05, 4.69) is 72.8 Å². The van der Waals surface area contributed by atoms with Gasteiger partial charge in [0.1, 0.15) is 11.9 Å². The van der Waals surface area contributed by atoms with Crippen molar-refractivity contribution >= 4 is 24.1 Å². The Morgan fingerprint density at radius 3 is 2.00 bits per heavy atom. The summed E-state index contributed by atoms with van der Waals surface area (Å²) in [7, 11) is -0.326. The number of hydrogen-bond acceptors (Lipinski definition) is 6. The highest BCUT2D eigenvalue weighted by Crippen LogP contribution is 2.36. The Labute approximate surface area is 173 Å². The van der Waals surface area contributed by atoms with Crippen LogP contribution >= 0.6 is 0 Å². The van der Waals surface area contributed by atoms with Gasteiger partial charge in [0, 0.05) is 38.1 Å². The van der Waals surface area contributed by atoms with Crippen molar-refractivity contribution < 1.29 is 9.31 Å². The zero-order valence-corrected chi connectivity index (χ0v) is 17.6. The molecule has 0 atom stereocenters. The lowest BCUT2D eigenvalue weighted by Crippen LogP contribution is -2.47. The number of pyridine rings is 1. The predicted molar refractivity (Wildman–Crippen MR) is 116 cm³/mol. The van der Waals surface area contributed by atoms with Crippen molar-refractivity contribution in [2.45, 2.75) is 38.9 Å². The van der Waals surface area contributed by atoms with Crippen LogP contribution in [0.2, 0.25) is 0 Å². The van der Waals surface area contributed by atoms with E-state index in [1.165, 1.54) is 5.69 Å². The molecule has 0 saturated carbocycles. The molecule has 0 aliphatic carbocycles. The summed E-state index contributed by atoms with van der Waals surface area (Å²) in [5, 5.41) is 8.91. The van der Waals surface area contributed by atoms with Crippen LogP contribution in [-0.4, -0.2) is 49.5 Å². The third-order valence-corrected chi connectivity index (χ3v) is 6.26. The lowest BCUT2D eigenvalue weighted by atomic mass is 9.79. The molecule has 0 N–H and O–H groups in total. The molecule has 0 bridgehead atoms. The number of nitrogens with zero attached hydrogens (tertiary/aromatic N) is 4. The number of benzene rings is 1. The van der Waals surface area contributed by atoms with Crippen LogP contribution in [0.5, 0.6) is 0 Å². The quantitative estimate of drug-likeness (QED) is 0.751. The van der Waals surface area contributed by atoms with Crippen molar-refractivity contribution in [2.24, 2.45) is 0 Å². The molecule has 2 aliphatic rings. The number of aromatic nitrogens is 1. The highest BCUT2D eigenvalue weighted by atomic mass is 16.7. The second-order valence-electron chi connectivity index (χ2n) is 8.67. The van der Waals surface area contributed by atoms with Crippen LogP contribution in [0, 0.1) is 11.3 Å². The second-order valence-corrected chi connectivity index (χ2v) is 8.67. The Morgan fingerprint density at radius 2 is 1.48 bits per heavy atom. The Bertz CT molecular complexity index is 882. The Kier molecular flexibility index (Phi) is 5.01. The number of rotatable bonds is 3. The van der Waals surface area contributed by atoms with Gasteiger partial charge in [-0.05, 0) is 57.4 Å². The minimum Gasteiger partial charge on any atom is -0.399 e. The molecule has 3 heterocycles. The summed E-state index contributed by atoms with van der Waals surface area (Å²) >= 11 is 0. The van der Waals surface area contributed by atoms with E-state index < -0.39 is 0 Å². The highest BCUT2D eigenvalue weighted by molar-refractivity contribution is 6.62. The predicted octanol–water partition coefficient (Wildman–Crippen LogP) is 2.58. The van der Waals surface area contributed by atoms with Gasteiger partial charge >= 0.3 is 7.12 Å². The van der Waals surface area contributed by atoms with Gasteiger partial charge in [-0.15, -0.1) is 0 Å². The number of anilines is 2. The van der Waals surface area contributed by atoms with E-state index in [1.807, 2.05) is 12.1 Å². The lowest BCUT2D eigenvalue weighted by Gasteiger charge is -2.36. The van der Waals surface area contributed by atoms with Crippen LogP contribution in [0.1, 0.15) is 33.3 Å². The zero-order valence-electron chi connectivity index (χ0n) is 17.6. The van der Waals surface area contributed by atoms with E-state index in [-0.39, 0.29) is 18.3 Å². The van der Waals surface area contributed by atoms with Gasteiger partial charge in [0.05, 0.1) is 16.8 Å². The average molecular weight is 390 g/mol. The smallest absolute Gasteiger partial charge is 0.399 e. The maximum absolute atomic E-state index is 8.91. The molecule has 150 valence electrons. The summed E-state index contributed by atoms with van der Waals surface area (Å²) in [6.07, 6.45) is 1.64. The van der Waals surface area contributed by atoms with E-state index in [4.69, 9.17) is 14.6 Å². The Balaban J connectivity index is 1.38. The fourth-order valence-electron chi connectivity index (χ4n) is 3.65. The molecule has 1 aromatic carbocycles. The minimum absolute atomic E-state index is 0.326. The van der Waals surface area contributed by atoms with Crippen molar-refractivity contribution in [3.63, 3.8) is 0 Å². The van der Waals surface area contributed by atoms with Crippen LogP contribution in [0.15, 0.2) is 42.6 Å². The normalized spacial score (nSPS) is 20.6. The average Bonchev–Trinajstić information content (AvgIpc) is 2.95. The Hall–Kier alpha value is -2.56. The molecular weight excluding hydrogens is 363 g/mol. The molecule has 2 aliphatic heterocycles. The molecule has 29 heavy (non-hydrogen) atoms. The molecular formula is C22H27BN4O2. The molecule has 0 radical (unpaired) electrons. The number of hydrogen-bond donors (Lipinski definition) is 0. The van der Waals surface area contributed by atoms with Crippen molar-refractivity contribution in [1.29, 1.82) is 5.26 Å². The standard InChI is InChI=1S/C22H27BN4O2/c1-21(2)22(3,4)29-23(28-21)18-6-8-19(9-7-18)26-11-13-27(14-12-26)20-10-5-17(15-24)16-25-20/h5-10,16H,11-14H2,1-4H3. The largest absolute Gasteiger partial charge is 0.494 e. The van der Waals surface area contributed by atoms with E-state index >= 15 is 0 Å². The fourth-order valence-corrected chi connectivity index (χ4v) is 3.65. The van der Waals surface area contributed by atoms with Crippen LogP contribution in [0.25, 0.3) is 0 Å². The number of piperazine rings is 1. The second kappa shape index (κ2) is 7.36. The first-order valence-corrected chi connectivity index (χ1v) is 10.1. The fraction of sp³-hybridized carbons (Fsp3) is 0.455. The van der Waals surface area contributed by atoms with Gasteiger partial charge in [0.15, 0.2) is 0 Å². The topological polar surface area (TPSA) is 61.6 Å². The third kappa shape index (κ3) is 3.83. The third-order valence-electron chi connectivity index (χ3n) is 6.26. The molecule has 2 fully saturated rings. The molecule has 6 nitrogen and oxygen atoms in total. The first kappa shape index (κ1) is 19.7. The maximum atomic E-state index is 8.91. The minimum atomic E-state index is -0.327. The molecule has 0 amide bonds. The van der Waals surface area contributed by atoms with E-state index in [9.17, 15) is 0 Å². The molecule has 7 heteroatoms. The molecule has 0 spiro atoms. The van der Waals surface area contributed by atoms with Gasteiger partial charge in [-0.3, -0.25) is 0 Å². The van der Waals surface area contributed by atoms with Gasteiger partial charge < -0.3 is 19.1 Å². The van der Waals surface area contributed by atoms with Gasteiger partial charge in [-0.2, -0.15) is 5.26 Å². The molecule has 4 rings (SSSR count). The summed E-state index contributed by atoms with van der Waals surface area (Å²) < 4.78 is 12.3. The monoisotopic (exact) mass is 390 g/mol. The van der Waals surface area contributed by atoms with E-state index in [0.717, 1.165) is 37.5 Å². The van der Waals surface area contributed by atoms with E-state index in [0.29, 0.717) is 5.56 Å². The van der Waals surface area contributed by atoms with Crippen molar-refractivity contribution in [2.75, 3.05) is 36.0 Å². The first-order valence-electron chi connectivity index (χ1n) is 10.1. The van der Waals surface area contributed by atoms with Crippen LogP contribution < -0.4 is 15.3 Å². The van der Waals surface area contributed by atoms with Gasteiger partial charge in [0.25, 0.3) is 0 Å². The van der Waals surface area contributed by atoms with Crippen molar-refractivity contribution in [3.8, 4) is 6.07 Å². The summed E-state index contributed by atoms with van der Waals surface area (Å²) in [4.78, 5) is 9.05. The Morgan fingerprint density at radius 1 is 0.897 bits per heavy atom. The lowest BCUT2D eigenvalue weighted by molar-refractivity contribution is 0.00578. The zero-order chi connectivity index (χ0) is 20.6. The van der Waals surface area contributed by atoms with Crippen molar-refractivity contribution in [1.82, 2.24) is 4.98 Å². The van der Waals surface area contributed by atoms with Gasteiger partial charge in [0.2, 0.25) is 0 Å². The summed E-state index contributed by atoms with van der Waals surface area (Å²) in [6, 6.07) is 14.4. The maximum Gasteiger partial charge on any atom is 0.494 e. The van der Waals surface area contributed by atoms with Gasteiger partial charge in [-0.1, -0.05) is 12.1 Å². The van der Waals surface area contributed by atoms with Crippen LogP contribution in [0.4, 0.5) is 11.5 Å². The summed E-state index contributed by atoms with van der Waals surface area (Å²) in [5.41, 5.74) is 2.19. The summed E-state index contributed by atoms with van der Waals surface area (Å²) in [6.45, 7) is 11.9. The first-order chi connectivity index (χ1) is 13.8. The van der Waals surface area contributed by atoms with Gasteiger partial charge in [-0.25, -0.2) is 4.98 Å². The van der Waals surface area contributed by atoms with Crippen LogP contribution in [-0.2, 0) is 9.31 Å². The summed E-state index contributed by atoms with van der Waals surface area (Å²) in [5.74, 6) is 0.930. The molecule has 1 aromatic heterocycles. The number of nitriles is 1. The van der Waals surface area contributed by atoms with Crippen LogP contribution in [0.3, 0.4) is 0 Å². The SMILES string of the molecule is CC1(C)OB(c2ccc(N3CCN(c4ccc(C#N)cn4)CC3)cc2)OC1(C)C. The highest BCUT2D eigenvalue weighted by Gasteiger charge is 2.51. The van der Waals surface area contributed by atoms with Crippen molar-refractivity contribution in [3.05, 3.63) is 48.2 Å².